The van der Waals surface area contributed by atoms with E-state index in [-0.39, 0.29) is 16.9 Å². The summed E-state index contributed by atoms with van der Waals surface area (Å²) in [6.45, 7) is 4.09. The Kier molecular flexibility index (Phi) is 5.69. The molecule has 37 heavy (non-hydrogen) atoms. The molecule has 1 saturated carbocycles. The van der Waals surface area contributed by atoms with E-state index in [0.717, 1.165) is 35.8 Å². The van der Waals surface area contributed by atoms with Gasteiger partial charge in [0.2, 0.25) is 0 Å². The van der Waals surface area contributed by atoms with E-state index in [9.17, 15) is 8.42 Å². The van der Waals surface area contributed by atoms with Crippen molar-refractivity contribution in [2.75, 3.05) is 5.32 Å². The molecule has 1 aliphatic carbocycles. The second-order valence-corrected chi connectivity index (χ2v) is 12.2. The summed E-state index contributed by atoms with van der Waals surface area (Å²) < 4.78 is 30.0. The summed E-state index contributed by atoms with van der Waals surface area (Å²) >= 11 is 1.35. The summed E-state index contributed by atoms with van der Waals surface area (Å²) in [4.78, 5) is 9.56. The third-order valence-electron chi connectivity index (χ3n) is 7.13. The SMILES string of the molecule is CCC1CC(Nc2ncc(C#N)s2)CC1c1nnc2cnc3c(ccn3S(=O)(=O)c3ccc(C)cc3)n12. The molecule has 0 aliphatic heterocycles. The molecule has 1 aromatic carbocycles. The molecule has 3 unspecified atom stereocenters. The number of aromatic nitrogens is 6. The third-order valence-corrected chi connectivity index (χ3v) is 9.65. The maximum atomic E-state index is 13.4. The van der Waals surface area contributed by atoms with Crippen molar-refractivity contribution in [1.29, 1.82) is 5.26 Å². The van der Waals surface area contributed by atoms with E-state index in [0.29, 0.717) is 27.6 Å². The zero-order valence-electron chi connectivity index (χ0n) is 20.2. The molecule has 6 rings (SSSR count). The first-order valence-electron chi connectivity index (χ1n) is 12.0. The number of rotatable bonds is 6. The van der Waals surface area contributed by atoms with Crippen molar-refractivity contribution in [1.82, 2.24) is 28.5 Å². The van der Waals surface area contributed by atoms with E-state index >= 15 is 0 Å². The van der Waals surface area contributed by atoms with Crippen LogP contribution in [0.3, 0.4) is 0 Å². The molecule has 0 bridgehead atoms. The fourth-order valence-electron chi connectivity index (χ4n) is 5.29. The van der Waals surface area contributed by atoms with Gasteiger partial charge in [0.25, 0.3) is 10.0 Å². The van der Waals surface area contributed by atoms with E-state index in [2.05, 4.69) is 38.5 Å². The summed E-state index contributed by atoms with van der Waals surface area (Å²) in [6.07, 6.45) is 7.44. The van der Waals surface area contributed by atoms with Crippen LogP contribution >= 0.6 is 11.3 Å². The highest BCUT2D eigenvalue weighted by Gasteiger charge is 2.38. The Morgan fingerprint density at radius 2 is 1.95 bits per heavy atom. The van der Waals surface area contributed by atoms with E-state index in [1.165, 1.54) is 15.3 Å². The number of aryl methyl sites for hydroxylation is 1. The third kappa shape index (κ3) is 3.95. The maximum absolute atomic E-state index is 13.4. The van der Waals surface area contributed by atoms with Gasteiger partial charge in [0.15, 0.2) is 16.4 Å². The Labute approximate surface area is 217 Å². The van der Waals surface area contributed by atoms with Crippen LogP contribution in [0.15, 0.2) is 53.8 Å². The van der Waals surface area contributed by atoms with E-state index in [1.807, 2.05) is 11.3 Å². The molecule has 3 atom stereocenters. The minimum atomic E-state index is -3.82. The smallest absolute Gasteiger partial charge is 0.269 e. The lowest BCUT2D eigenvalue weighted by atomic mass is 9.93. The number of nitrogens with one attached hydrogen (secondary N) is 1. The standard InChI is InChI=1S/C25H24N8O2S2/c1-3-16-10-17(29-25-28-13-18(12-26)36-25)11-20(16)23-31-30-22-14-27-24-21(33(22)23)8-9-32(24)37(34,35)19-6-4-15(2)5-7-19/h4-9,13-14,16-17,20H,3,10-11H2,1-2H3,(H,28,29). The molecule has 0 radical (unpaired) electrons. The fraction of sp³-hybridized carbons (Fsp3) is 0.320. The van der Waals surface area contributed by atoms with Crippen LogP contribution in [-0.2, 0) is 10.0 Å². The van der Waals surface area contributed by atoms with Gasteiger partial charge < -0.3 is 5.32 Å². The Morgan fingerprint density at radius 1 is 1.14 bits per heavy atom. The number of benzene rings is 1. The Hall–Kier alpha value is -3.82. The van der Waals surface area contributed by atoms with Gasteiger partial charge in [-0.05, 0) is 43.9 Å². The molecule has 0 saturated heterocycles. The number of nitriles is 1. The van der Waals surface area contributed by atoms with Crippen molar-refractivity contribution in [3.8, 4) is 6.07 Å². The summed E-state index contributed by atoms with van der Waals surface area (Å²) in [5.74, 6) is 1.29. The highest BCUT2D eigenvalue weighted by Crippen LogP contribution is 2.42. The minimum absolute atomic E-state index is 0.121. The molecular formula is C25H24N8O2S2. The van der Waals surface area contributed by atoms with Gasteiger partial charge in [-0.2, -0.15) is 5.26 Å². The first-order valence-corrected chi connectivity index (χ1v) is 14.3. The number of hydrogen-bond acceptors (Lipinski definition) is 9. The quantitative estimate of drug-likeness (QED) is 0.342. The van der Waals surface area contributed by atoms with Crippen LogP contribution in [0.5, 0.6) is 0 Å². The van der Waals surface area contributed by atoms with Gasteiger partial charge in [0.1, 0.15) is 16.8 Å². The number of fused-ring (bicyclic) bond motifs is 3. The van der Waals surface area contributed by atoms with Crippen LogP contribution in [0.1, 0.15) is 48.4 Å². The fourth-order valence-corrected chi connectivity index (χ4v) is 7.27. The molecule has 1 N–H and O–H groups in total. The summed E-state index contributed by atoms with van der Waals surface area (Å²) in [5, 5.41) is 22.3. The second-order valence-electron chi connectivity index (χ2n) is 9.38. The van der Waals surface area contributed by atoms with Crippen LogP contribution in [0.4, 0.5) is 5.13 Å². The van der Waals surface area contributed by atoms with Crippen LogP contribution in [0.2, 0.25) is 0 Å². The lowest BCUT2D eigenvalue weighted by Gasteiger charge is -2.16. The highest BCUT2D eigenvalue weighted by atomic mass is 32.2. The van der Waals surface area contributed by atoms with E-state index in [1.54, 1.807) is 48.9 Å². The average molecular weight is 533 g/mol. The van der Waals surface area contributed by atoms with Crippen molar-refractivity contribution in [3.05, 3.63) is 65.2 Å². The van der Waals surface area contributed by atoms with Crippen LogP contribution in [0, 0.1) is 24.2 Å². The number of anilines is 1. The van der Waals surface area contributed by atoms with Gasteiger partial charge in [-0.1, -0.05) is 42.4 Å². The number of hydrogen-bond donors (Lipinski definition) is 1. The van der Waals surface area contributed by atoms with Gasteiger partial charge in [-0.15, -0.1) is 10.2 Å². The van der Waals surface area contributed by atoms with Crippen LogP contribution in [-0.4, -0.2) is 43.0 Å². The largest absolute Gasteiger partial charge is 0.359 e. The van der Waals surface area contributed by atoms with Crippen molar-refractivity contribution < 1.29 is 8.42 Å². The van der Waals surface area contributed by atoms with Gasteiger partial charge in [-0.3, -0.25) is 4.40 Å². The zero-order chi connectivity index (χ0) is 25.7. The Bertz CT molecular complexity index is 1760. The van der Waals surface area contributed by atoms with Crippen molar-refractivity contribution in [2.45, 2.75) is 50.0 Å². The predicted octanol–water partition coefficient (Wildman–Crippen LogP) is 4.34. The lowest BCUT2D eigenvalue weighted by Crippen LogP contribution is -2.15. The van der Waals surface area contributed by atoms with Gasteiger partial charge in [0, 0.05) is 18.2 Å². The first-order chi connectivity index (χ1) is 17.9. The Morgan fingerprint density at radius 3 is 2.68 bits per heavy atom. The molecule has 4 aromatic heterocycles. The molecule has 188 valence electrons. The van der Waals surface area contributed by atoms with Crippen molar-refractivity contribution in [2.24, 2.45) is 5.92 Å². The van der Waals surface area contributed by atoms with Gasteiger partial charge in [-0.25, -0.2) is 22.4 Å². The first kappa shape index (κ1) is 23.6. The molecular weight excluding hydrogens is 508 g/mol. The normalized spacial score (nSPS) is 20.0. The molecule has 4 heterocycles. The van der Waals surface area contributed by atoms with Crippen molar-refractivity contribution in [3.63, 3.8) is 0 Å². The van der Waals surface area contributed by atoms with E-state index in [4.69, 9.17) is 5.26 Å². The molecule has 10 nitrogen and oxygen atoms in total. The van der Waals surface area contributed by atoms with E-state index < -0.39 is 10.0 Å². The molecule has 12 heteroatoms. The van der Waals surface area contributed by atoms with Gasteiger partial charge in [0.05, 0.1) is 22.8 Å². The Balaban J connectivity index is 1.38. The van der Waals surface area contributed by atoms with Gasteiger partial charge >= 0.3 is 0 Å². The number of nitrogens with zero attached hydrogens (tertiary/aromatic N) is 7. The summed E-state index contributed by atoms with van der Waals surface area (Å²) in [6, 6.07) is 10.9. The second kappa shape index (κ2) is 8.93. The van der Waals surface area contributed by atoms with Crippen LogP contribution < -0.4 is 5.32 Å². The van der Waals surface area contributed by atoms with Crippen LogP contribution in [0.25, 0.3) is 16.8 Å². The monoisotopic (exact) mass is 532 g/mol. The molecule has 1 aliphatic rings. The summed E-state index contributed by atoms with van der Waals surface area (Å²) in [7, 11) is -3.82. The maximum Gasteiger partial charge on any atom is 0.269 e. The minimum Gasteiger partial charge on any atom is -0.359 e. The molecule has 1 fully saturated rings. The molecule has 0 amide bonds. The molecule has 5 aromatic rings. The highest BCUT2D eigenvalue weighted by molar-refractivity contribution is 7.90. The summed E-state index contributed by atoms with van der Waals surface area (Å²) in [5.41, 5.74) is 2.55. The average Bonchev–Trinajstić information content (AvgIpc) is 3.68. The topological polar surface area (TPSA) is 131 Å². The predicted molar refractivity (Wildman–Crippen MR) is 140 cm³/mol. The number of thiazole rings is 1. The van der Waals surface area contributed by atoms with Crippen molar-refractivity contribution >= 4 is 43.3 Å². The zero-order valence-corrected chi connectivity index (χ0v) is 21.9. The lowest BCUT2D eigenvalue weighted by molar-refractivity contribution is 0.451. The molecule has 0 spiro atoms.